The van der Waals surface area contributed by atoms with Crippen molar-refractivity contribution in [3.8, 4) is 0 Å². The van der Waals surface area contributed by atoms with Gasteiger partial charge >= 0.3 is 0 Å². The first-order valence-corrected chi connectivity index (χ1v) is 8.32. The highest BCUT2D eigenvalue weighted by atomic mass is 32.2. The predicted molar refractivity (Wildman–Crippen MR) is 77.3 cm³/mol. The molecule has 0 aliphatic rings. The van der Waals surface area contributed by atoms with Gasteiger partial charge in [-0.25, -0.2) is 13.1 Å². The third-order valence-electron chi connectivity index (χ3n) is 2.97. The molecular formula is C12H29N3O2S. The molecule has 6 heteroatoms. The van der Waals surface area contributed by atoms with E-state index in [0.717, 1.165) is 19.6 Å². The Kier molecular flexibility index (Phi) is 8.77. The van der Waals surface area contributed by atoms with Gasteiger partial charge in [0.25, 0.3) is 0 Å². The molecular weight excluding hydrogens is 250 g/mol. The summed E-state index contributed by atoms with van der Waals surface area (Å²) in [5.41, 5.74) is 0. The van der Waals surface area contributed by atoms with E-state index in [2.05, 4.69) is 28.8 Å². The third-order valence-corrected chi connectivity index (χ3v) is 4.80. The van der Waals surface area contributed by atoms with E-state index in [1.165, 1.54) is 0 Å². The number of hydrogen-bond donors (Lipinski definition) is 2. The first-order valence-electron chi connectivity index (χ1n) is 6.77. The smallest absolute Gasteiger partial charge is 0.215 e. The van der Waals surface area contributed by atoms with Crippen LogP contribution in [0.3, 0.4) is 0 Å². The fraction of sp³-hybridized carbons (Fsp3) is 1.00. The molecule has 2 N–H and O–H groups in total. The Balaban J connectivity index is 4.06. The molecule has 0 aromatic rings. The molecule has 0 aromatic heterocycles. The van der Waals surface area contributed by atoms with E-state index in [4.69, 9.17) is 0 Å². The third kappa shape index (κ3) is 7.31. The number of likely N-dealkylation sites (N-methyl/N-ethyl adjacent to an activating group) is 1. The van der Waals surface area contributed by atoms with Crippen molar-refractivity contribution < 1.29 is 8.42 Å². The number of rotatable bonds is 10. The topological polar surface area (TPSA) is 61.4 Å². The summed E-state index contributed by atoms with van der Waals surface area (Å²) in [6, 6.07) is 0.304. The Morgan fingerprint density at radius 3 is 2.11 bits per heavy atom. The number of nitrogens with zero attached hydrogens (tertiary/aromatic N) is 1. The number of nitrogens with one attached hydrogen (secondary N) is 2. The van der Waals surface area contributed by atoms with E-state index < -0.39 is 15.3 Å². The zero-order chi connectivity index (χ0) is 14.2. The van der Waals surface area contributed by atoms with Crippen molar-refractivity contribution in [3.05, 3.63) is 0 Å². The molecule has 0 amide bonds. The maximum atomic E-state index is 11.9. The summed E-state index contributed by atoms with van der Waals surface area (Å²) in [6.07, 6.45) is 0. The largest absolute Gasteiger partial charge is 0.313 e. The van der Waals surface area contributed by atoms with Gasteiger partial charge in [0.2, 0.25) is 10.0 Å². The van der Waals surface area contributed by atoms with E-state index in [9.17, 15) is 8.42 Å². The minimum absolute atomic E-state index is 0.304. The molecule has 1 unspecified atom stereocenters. The lowest BCUT2D eigenvalue weighted by atomic mass is 10.3. The predicted octanol–water partition coefficient (Wildman–Crippen LogP) is 0.634. The molecule has 0 heterocycles. The van der Waals surface area contributed by atoms with Crippen LogP contribution >= 0.6 is 0 Å². The molecule has 1 atom stereocenters. The van der Waals surface area contributed by atoms with Crippen LogP contribution in [0.5, 0.6) is 0 Å². The summed E-state index contributed by atoms with van der Waals surface area (Å²) in [5, 5.41) is 2.74. The van der Waals surface area contributed by atoms with Crippen LogP contribution < -0.4 is 10.0 Å². The Hall–Kier alpha value is -0.170. The second-order valence-electron chi connectivity index (χ2n) is 4.84. The number of hydrogen-bond acceptors (Lipinski definition) is 4. The van der Waals surface area contributed by atoms with Crippen LogP contribution in [0.1, 0.15) is 34.6 Å². The van der Waals surface area contributed by atoms with Crippen LogP contribution in [0.15, 0.2) is 0 Å². The molecule has 0 saturated carbocycles. The van der Waals surface area contributed by atoms with Gasteiger partial charge in [0.05, 0.1) is 5.25 Å². The van der Waals surface area contributed by atoms with Crippen molar-refractivity contribution in [2.24, 2.45) is 0 Å². The summed E-state index contributed by atoms with van der Waals surface area (Å²) in [4.78, 5) is 2.19. The minimum atomic E-state index is -3.21. The summed E-state index contributed by atoms with van der Waals surface area (Å²) >= 11 is 0. The maximum Gasteiger partial charge on any atom is 0.215 e. The van der Waals surface area contributed by atoms with Gasteiger partial charge in [-0.1, -0.05) is 27.7 Å². The van der Waals surface area contributed by atoms with Crippen LogP contribution in [0.4, 0.5) is 0 Å². The van der Waals surface area contributed by atoms with Gasteiger partial charge in [-0.15, -0.1) is 0 Å². The highest BCUT2D eigenvalue weighted by molar-refractivity contribution is 7.90. The molecule has 0 saturated heterocycles. The van der Waals surface area contributed by atoms with Gasteiger partial charge in [-0.05, 0) is 20.0 Å². The van der Waals surface area contributed by atoms with Crippen molar-refractivity contribution in [1.82, 2.24) is 14.9 Å². The molecule has 5 nitrogen and oxygen atoms in total. The standard InChI is InChI=1S/C12H29N3O2S/c1-6-15(7-2)9-8-14-18(16,17)12(5)10-13-11(3)4/h11-14H,6-10H2,1-5H3. The van der Waals surface area contributed by atoms with E-state index in [0.29, 0.717) is 19.1 Å². The van der Waals surface area contributed by atoms with E-state index in [-0.39, 0.29) is 0 Å². The normalized spacial score (nSPS) is 14.4. The lowest BCUT2D eigenvalue weighted by Gasteiger charge is -2.20. The molecule has 0 bridgehead atoms. The summed E-state index contributed by atoms with van der Waals surface area (Å²) in [6.45, 7) is 13.5. The van der Waals surface area contributed by atoms with Crippen LogP contribution in [0, 0.1) is 0 Å². The van der Waals surface area contributed by atoms with E-state index in [1.807, 2.05) is 13.8 Å². The maximum absolute atomic E-state index is 11.9. The SMILES string of the molecule is CCN(CC)CCNS(=O)(=O)C(C)CNC(C)C. The summed E-state index contributed by atoms with van der Waals surface area (Å²) < 4.78 is 26.5. The van der Waals surface area contributed by atoms with Crippen molar-refractivity contribution in [2.75, 3.05) is 32.7 Å². The molecule has 110 valence electrons. The summed E-state index contributed by atoms with van der Waals surface area (Å²) in [7, 11) is -3.21. The van der Waals surface area contributed by atoms with Crippen LogP contribution in [-0.2, 0) is 10.0 Å². The highest BCUT2D eigenvalue weighted by Gasteiger charge is 2.20. The average molecular weight is 279 g/mol. The van der Waals surface area contributed by atoms with Crippen molar-refractivity contribution in [3.63, 3.8) is 0 Å². The number of sulfonamides is 1. The lowest BCUT2D eigenvalue weighted by molar-refractivity contribution is 0.308. The Bertz CT molecular complexity index is 300. The first-order chi connectivity index (χ1) is 8.33. The quantitative estimate of drug-likeness (QED) is 0.616. The van der Waals surface area contributed by atoms with Gasteiger partial charge < -0.3 is 10.2 Å². The monoisotopic (exact) mass is 279 g/mol. The van der Waals surface area contributed by atoms with Gasteiger partial charge in [-0.2, -0.15) is 0 Å². The Morgan fingerprint density at radius 2 is 1.67 bits per heavy atom. The lowest BCUT2D eigenvalue weighted by Crippen LogP contribution is -2.43. The van der Waals surface area contributed by atoms with Crippen LogP contribution in [0.25, 0.3) is 0 Å². The molecule has 0 spiro atoms. The van der Waals surface area contributed by atoms with Crippen LogP contribution in [0.2, 0.25) is 0 Å². The van der Waals surface area contributed by atoms with Crippen molar-refractivity contribution in [2.45, 2.75) is 45.9 Å². The fourth-order valence-corrected chi connectivity index (χ4v) is 2.52. The highest BCUT2D eigenvalue weighted by Crippen LogP contribution is 1.97. The fourth-order valence-electron chi connectivity index (χ4n) is 1.54. The zero-order valence-electron chi connectivity index (χ0n) is 12.4. The average Bonchev–Trinajstić information content (AvgIpc) is 2.31. The molecule has 18 heavy (non-hydrogen) atoms. The molecule has 0 radical (unpaired) electrons. The second kappa shape index (κ2) is 8.85. The molecule has 0 aliphatic carbocycles. The van der Waals surface area contributed by atoms with Gasteiger partial charge in [0, 0.05) is 25.7 Å². The molecule has 0 fully saturated rings. The van der Waals surface area contributed by atoms with E-state index >= 15 is 0 Å². The molecule has 0 aromatic carbocycles. The van der Waals surface area contributed by atoms with Crippen LogP contribution in [-0.4, -0.2) is 57.3 Å². The molecule has 0 rings (SSSR count). The molecule has 0 aliphatic heterocycles. The Morgan fingerprint density at radius 1 is 1.11 bits per heavy atom. The minimum Gasteiger partial charge on any atom is -0.313 e. The van der Waals surface area contributed by atoms with Gasteiger partial charge in [-0.3, -0.25) is 0 Å². The van der Waals surface area contributed by atoms with Gasteiger partial charge in [0.15, 0.2) is 0 Å². The van der Waals surface area contributed by atoms with Crippen molar-refractivity contribution >= 4 is 10.0 Å². The van der Waals surface area contributed by atoms with Crippen molar-refractivity contribution in [1.29, 1.82) is 0 Å². The Labute approximate surface area is 112 Å². The zero-order valence-corrected chi connectivity index (χ0v) is 13.2. The first kappa shape index (κ1) is 17.8. The summed E-state index contributed by atoms with van der Waals surface area (Å²) in [5.74, 6) is 0. The second-order valence-corrected chi connectivity index (χ2v) is 7.02. The van der Waals surface area contributed by atoms with E-state index in [1.54, 1.807) is 6.92 Å². The van der Waals surface area contributed by atoms with Gasteiger partial charge in [0.1, 0.15) is 0 Å².